The number of nitrogens with one attached hydrogen (secondary N) is 1. The van der Waals surface area contributed by atoms with Gasteiger partial charge in [0.1, 0.15) is 12.6 Å². The molecule has 0 spiro atoms. The zero-order valence-electron chi connectivity index (χ0n) is 23.8. The smallest absolute Gasteiger partial charge is 0.264 e. The van der Waals surface area contributed by atoms with Gasteiger partial charge in [-0.15, -0.1) is 0 Å². The molecule has 41 heavy (non-hydrogen) atoms. The molecular formula is C31H37Cl2N3O4S. The zero-order chi connectivity index (χ0) is 30.2. The third-order valence-corrected chi connectivity index (χ3v) is 9.36. The maximum absolute atomic E-state index is 14.1. The number of hydrogen-bond donors (Lipinski definition) is 1. The third-order valence-electron chi connectivity index (χ3n) is 6.99. The molecule has 3 aromatic carbocycles. The molecule has 0 aromatic heterocycles. The molecule has 3 rings (SSSR count). The van der Waals surface area contributed by atoms with Gasteiger partial charge in [-0.05, 0) is 73.7 Å². The minimum atomic E-state index is -4.12. The first-order valence-electron chi connectivity index (χ1n) is 13.7. The lowest BCUT2D eigenvalue weighted by atomic mass is 10.1. The summed E-state index contributed by atoms with van der Waals surface area (Å²) in [7, 11) is -4.12. The highest BCUT2D eigenvalue weighted by atomic mass is 35.5. The minimum absolute atomic E-state index is 0.00470. The molecule has 0 heterocycles. The van der Waals surface area contributed by atoms with Gasteiger partial charge in [-0.2, -0.15) is 0 Å². The number of rotatable bonds is 13. The molecule has 2 amide bonds. The van der Waals surface area contributed by atoms with E-state index in [2.05, 4.69) is 5.32 Å². The van der Waals surface area contributed by atoms with Crippen LogP contribution in [-0.4, -0.2) is 43.8 Å². The molecule has 3 aromatic rings. The first-order chi connectivity index (χ1) is 19.5. The largest absolute Gasteiger partial charge is 0.352 e. The van der Waals surface area contributed by atoms with Gasteiger partial charge >= 0.3 is 0 Å². The van der Waals surface area contributed by atoms with Crippen molar-refractivity contribution >= 4 is 50.7 Å². The van der Waals surface area contributed by atoms with Crippen molar-refractivity contribution in [3.8, 4) is 0 Å². The number of anilines is 1. The van der Waals surface area contributed by atoms with Crippen LogP contribution in [0.2, 0.25) is 10.0 Å². The summed E-state index contributed by atoms with van der Waals surface area (Å²) in [6, 6.07) is 19.0. The number of carbonyl (C=O) groups is 2. The first kappa shape index (κ1) is 32.4. The predicted molar refractivity (Wildman–Crippen MR) is 166 cm³/mol. The molecule has 0 saturated carbocycles. The van der Waals surface area contributed by atoms with Crippen molar-refractivity contribution in [3.05, 3.63) is 94.0 Å². The number of aryl methyl sites for hydroxylation is 1. The summed E-state index contributed by atoms with van der Waals surface area (Å²) in [5.41, 5.74) is 1.97. The Labute approximate surface area is 253 Å². The number of carbonyl (C=O) groups excluding carboxylic acids is 2. The Morgan fingerprint density at radius 3 is 2.12 bits per heavy atom. The fourth-order valence-electron chi connectivity index (χ4n) is 4.34. The molecule has 7 nitrogen and oxygen atoms in total. The molecule has 0 unspecified atom stereocenters. The summed E-state index contributed by atoms with van der Waals surface area (Å²) in [4.78, 5) is 29.0. The highest BCUT2D eigenvalue weighted by Crippen LogP contribution is 2.27. The van der Waals surface area contributed by atoms with Crippen LogP contribution in [0.3, 0.4) is 0 Å². The molecule has 0 aliphatic carbocycles. The summed E-state index contributed by atoms with van der Waals surface area (Å²) >= 11 is 12.6. The molecule has 220 valence electrons. The number of benzene rings is 3. The van der Waals surface area contributed by atoms with Crippen LogP contribution < -0.4 is 9.62 Å². The number of amides is 2. The van der Waals surface area contributed by atoms with E-state index in [4.69, 9.17) is 23.2 Å². The van der Waals surface area contributed by atoms with Crippen LogP contribution in [0.5, 0.6) is 0 Å². The van der Waals surface area contributed by atoms with Crippen LogP contribution in [0, 0.1) is 0 Å². The van der Waals surface area contributed by atoms with E-state index in [0.29, 0.717) is 27.7 Å². The van der Waals surface area contributed by atoms with Crippen LogP contribution >= 0.6 is 23.2 Å². The highest BCUT2D eigenvalue weighted by molar-refractivity contribution is 7.92. The Morgan fingerprint density at radius 2 is 1.56 bits per heavy atom. The second-order valence-corrected chi connectivity index (χ2v) is 12.5. The van der Waals surface area contributed by atoms with Crippen LogP contribution in [0.1, 0.15) is 51.7 Å². The standard InChI is InChI=1S/C31H37Cl2N3O4S/c1-5-22(4)34-31(38)29(7-3)35(20-24-15-16-25(32)19-28(24)33)30(37)21-36(26-17-13-23(6-2)14-18-26)41(39,40)27-11-9-8-10-12-27/h8-19,22,29H,5-7,20-21H2,1-4H3,(H,34,38)/t22-,29-/m0/s1. The monoisotopic (exact) mass is 617 g/mol. The Bertz CT molecular complexity index is 1430. The molecule has 1 N–H and O–H groups in total. The molecule has 2 atom stereocenters. The molecule has 0 radical (unpaired) electrons. The second-order valence-electron chi connectivity index (χ2n) is 9.84. The Balaban J connectivity index is 2.07. The van der Waals surface area contributed by atoms with Gasteiger partial charge in [0.25, 0.3) is 10.0 Å². The van der Waals surface area contributed by atoms with Crippen molar-refractivity contribution in [2.45, 2.75) is 70.5 Å². The molecule has 0 aliphatic rings. The summed E-state index contributed by atoms with van der Waals surface area (Å²) in [6.45, 7) is 7.15. The average Bonchev–Trinajstić information content (AvgIpc) is 2.97. The molecule has 0 fully saturated rings. The Morgan fingerprint density at radius 1 is 0.902 bits per heavy atom. The van der Waals surface area contributed by atoms with E-state index in [1.165, 1.54) is 17.0 Å². The lowest BCUT2D eigenvalue weighted by molar-refractivity contribution is -0.140. The molecule has 10 heteroatoms. The van der Waals surface area contributed by atoms with Crippen LogP contribution in [0.25, 0.3) is 0 Å². The fourth-order valence-corrected chi connectivity index (χ4v) is 6.24. The molecule has 0 saturated heterocycles. The fraction of sp³-hybridized carbons (Fsp3) is 0.355. The van der Waals surface area contributed by atoms with Crippen molar-refractivity contribution in [1.82, 2.24) is 10.2 Å². The van der Waals surface area contributed by atoms with Gasteiger partial charge in [0.2, 0.25) is 11.8 Å². The maximum Gasteiger partial charge on any atom is 0.264 e. The van der Waals surface area contributed by atoms with Gasteiger partial charge in [-0.3, -0.25) is 13.9 Å². The van der Waals surface area contributed by atoms with Crippen LogP contribution in [-0.2, 0) is 32.6 Å². The summed E-state index contributed by atoms with van der Waals surface area (Å²) in [5, 5.41) is 3.74. The van der Waals surface area contributed by atoms with Gasteiger partial charge in [0, 0.05) is 22.6 Å². The van der Waals surface area contributed by atoms with Crippen molar-refractivity contribution in [1.29, 1.82) is 0 Å². The number of hydrogen-bond acceptors (Lipinski definition) is 4. The number of halogens is 2. The van der Waals surface area contributed by atoms with E-state index < -0.39 is 28.5 Å². The number of sulfonamides is 1. The van der Waals surface area contributed by atoms with E-state index in [1.54, 1.807) is 48.5 Å². The van der Waals surface area contributed by atoms with Crippen molar-refractivity contribution in [3.63, 3.8) is 0 Å². The van der Waals surface area contributed by atoms with Gasteiger partial charge < -0.3 is 10.2 Å². The van der Waals surface area contributed by atoms with Crippen molar-refractivity contribution in [2.75, 3.05) is 10.8 Å². The van der Waals surface area contributed by atoms with Gasteiger partial charge in [0.05, 0.1) is 10.6 Å². The lowest BCUT2D eigenvalue weighted by Gasteiger charge is -2.34. The Kier molecular flexibility index (Phi) is 11.6. The molecule has 0 aliphatic heterocycles. The maximum atomic E-state index is 14.1. The number of nitrogens with zero attached hydrogens (tertiary/aromatic N) is 2. The van der Waals surface area contributed by atoms with Gasteiger partial charge in [-0.1, -0.05) is 80.4 Å². The van der Waals surface area contributed by atoms with Crippen molar-refractivity contribution in [2.24, 2.45) is 0 Å². The van der Waals surface area contributed by atoms with E-state index in [1.807, 2.05) is 39.8 Å². The minimum Gasteiger partial charge on any atom is -0.352 e. The second kappa shape index (κ2) is 14.7. The van der Waals surface area contributed by atoms with Crippen LogP contribution in [0.15, 0.2) is 77.7 Å². The normalized spacial score (nSPS) is 12.8. The van der Waals surface area contributed by atoms with E-state index in [9.17, 15) is 18.0 Å². The summed E-state index contributed by atoms with van der Waals surface area (Å²) in [6.07, 6.45) is 1.82. The van der Waals surface area contributed by atoms with Crippen LogP contribution in [0.4, 0.5) is 5.69 Å². The summed E-state index contributed by atoms with van der Waals surface area (Å²) in [5.74, 6) is -0.855. The van der Waals surface area contributed by atoms with Crippen molar-refractivity contribution < 1.29 is 18.0 Å². The quantitative estimate of drug-likeness (QED) is 0.238. The Hall–Kier alpha value is -3.07. The SMILES string of the molecule is CCc1ccc(N(CC(=O)N(Cc2ccc(Cl)cc2Cl)[C@@H](CC)C(=O)N[C@@H](C)CC)S(=O)(=O)c2ccccc2)cc1. The summed E-state index contributed by atoms with van der Waals surface area (Å²) < 4.78 is 28.9. The van der Waals surface area contributed by atoms with Gasteiger partial charge in [0.15, 0.2) is 0 Å². The molecular weight excluding hydrogens is 581 g/mol. The highest BCUT2D eigenvalue weighted by Gasteiger charge is 2.34. The first-order valence-corrected chi connectivity index (χ1v) is 15.9. The third kappa shape index (κ3) is 8.24. The van der Waals surface area contributed by atoms with E-state index in [0.717, 1.165) is 22.7 Å². The van der Waals surface area contributed by atoms with E-state index >= 15 is 0 Å². The lowest BCUT2D eigenvalue weighted by Crippen LogP contribution is -2.53. The average molecular weight is 619 g/mol. The predicted octanol–water partition coefficient (Wildman–Crippen LogP) is 6.47. The zero-order valence-corrected chi connectivity index (χ0v) is 26.1. The topological polar surface area (TPSA) is 86.8 Å². The van der Waals surface area contributed by atoms with Gasteiger partial charge in [-0.25, -0.2) is 8.42 Å². The molecule has 0 bridgehead atoms. The van der Waals surface area contributed by atoms with E-state index in [-0.39, 0.29) is 23.4 Å².